The predicted octanol–water partition coefficient (Wildman–Crippen LogP) is -2.53. The average molecular weight is 996 g/mol. The van der Waals surface area contributed by atoms with Crippen LogP contribution in [-0.2, 0) is 44.8 Å². The Kier molecular flexibility index (Phi) is 21.7. The summed E-state index contributed by atoms with van der Waals surface area (Å²) < 4.78 is 0. The van der Waals surface area contributed by atoms with E-state index in [1.165, 1.54) is 26.8 Å². The van der Waals surface area contributed by atoms with Gasteiger partial charge in [0, 0.05) is 39.1 Å². The number of nitrogens with one attached hydrogen (secondary N) is 4. The van der Waals surface area contributed by atoms with Crippen LogP contribution in [0.25, 0.3) is 0 Å². The van der Waals surface area contributed by atoms with Gasteiger partial charge in [-0.2, -0.15) is 0 Å². The van der Waals surface area contributed by atoms with E-state index < -0.39 is 107 Å². The standard InChI is InChI=1S/C47H77N15O9/c1-5-27(4)37(45(71)62-24-10-14-34(62)40(66)56-31(12-7-21-55-47(52)53)44(70)60-22-8-13-33(60)38(49)64)59-39(65)32(25-28-16-18-29(63)19-17-28)57-42(68)36(26(2)3)58-41(67)35-15-9-23-61(35)43(69)30(48)11-6-20-54-46(50)51/h16-19,26-27,30-37,63H,5-15,20-25,48H2,1-4H3,(H2,49,64)(H,56,66)(H,57,68)(H,58,67)(H,59,65)(H4,50,51,54)(H4,52,53,55)/t27-,30-,31-,32-,33-,34-,35-,36-,37-/m0/s1. The highest BCUT2D eigenvalue weighted by Gasteiger charge is 2.43. The van der Waals surface area contributed by atoms with Crippen molar-refractivity contribution in [1.82, 2.24) is 36.0 Å². The number of primary amides is 1. The molecule has 3 fully saturated rings. The van der Waals surface area contributed by atoms with E-state index in [0.717, 1.165) is 0 Å². The second-order valence-corrected chi connectivity index (χ2v) is 19.1. The minimum Gasteiger partial charge on any atom is -0.508 e. The predicted molar refractivity (Wildman–Crippen MR) is 265 cm³/mol. The van der Waals surface area contributed by atoms with Gasteiger partial charge in [-0.25, -0.2) is 0 Å². The number of benzene rings is 1. The van der Waals surface area contributed by atoms with E-state index in [4.69, 9.17) is 34.4 Å². The Morgan fingerprint density at radius 3 is 1.66 bits per heavy atom. The van der Waals surface area contributed by atoms with Crippen LogP contribution in [0.3, 0.4) is 0 Å². The van der Waals surface area contributed by atoms with E-state index in [-0.39, 0.29) is 69.5 Å². The van der Waals surface area contributed by atoms with Crippen molar-refractivity contribution in [2.45, 2.75) is 153 Å². The van der Waals surface area contributed by atoms with Crippen molar-refractivity contribution in [1.29, 1.82) is 0 Å². The van der Waals surface area contributed by atoms with Gasteiger partial charge in [0.25, 0.3) is 0 Å². The summed E-state index contributed by atoms with van der Waals surface area (Å²) in [4.78, 5) is 123. The molecule has 3 heterocycles. The molecule has 3 aliphatic heterocycles. The zero-order valence-electron chi connectivity index (χ0n) is 41.5. The van der Waals surface area contributed by atoms with Crippen molar-refractivity contribution in [3.63, 3.8) is 0 Å². The molecule has 71 heavy (non-hydrogen) atoms. The molecule has 4 rings (SSSR count). The van der Waals surface area contributed by atoms with Crippen LogP contribution in [0.1, 0.15) is 104 Å². The van der Waals surface area contributed by atoms with Crippen LogP contribution in [0.5, 0.6) is 5.75 Å². The molecule has 0 spiro atoms. The highest BCUT2D eigenvalue weighted by molar-refractivity contribution is 5.98. The molecule has 3 aliphatic rings. The number of hydrogen-bond donors (Lipinski definition) is 11. The van der Waals surface area contributed by atoms with Crippen molar-refractivity contribution in [2.24, 2.45) is 56.2 Å². The molecule has 0 aliphatic carbocycles. The van der Waals surface area contributed by atoms with Gasteiger partial charge >= 0.3 is 0 Å². The zero-order valence-corrected chi connectivity index (χ0v) is 41.5. The molecule has 9 atom stereocenters. The van der Waals surface area contributed by atoms with Crippen molar-refractivity contribution in [2.75, 3.05) is 32.7 Å². The SMILES string of the molecule is CC[C@H](C)[C@H](NC(=O)[C@H](Cc1ccc(O)cc1)NC(=O)[C@@H](NC(=O)[C@@H]1CCCN1C(=O)[C@@H](N)CCCN=C(N)N)C(C)C)C(=O)N1CCC[C@H]1C(=O)N[C@@H](CCCN=C(N)N)C(=O)N1CCC[C@H]1C(N)=O. The molecule has 0 radical (unpaired) electrons. The largest absolute Gasteiger partial charge is 0.508 e. The van der Waals surface area contributed by atoms with Gasteiger partial charge in [0.15, 0.2) is 11.9 Å². The Morgan fingerprint density at radius 1 is 0.634 bits per heavy atom. The number of carbonyl (C=O) groups excluding carboxylic acids is 8. The van der Waals surface area contributed by atoms with Crippen LogP contribution in [0.2, 0.25) is 0 Å². The van der Waals surface area contributed by atoms with Gasteiger partial charge in [0.1, 0.15) is 48.0 Å². The molecule has 3 saturated heterocycles. The monoisotopic (exact) mass is 996 g/mol. The lowest BCUT2D eigenvalue weighted by Gasteiger charge is -2.34. The van der Waals surface area contributed by atoms with Crippen LogP contribution in [-0.4, -0.2) is 160 Å². The number of guanidine groups is 2. The molecule has 0 aromatic heterocycles. The fraction of sp³-hybridized carbons (Fsp3) is 0.660. The van der Waals surface area contributed by atoms with E-state index in [1.54, 1.807) is 32.9 Å². The van der Waals surface area contributed by atoms with Gasteiger partial charge in [0.2, 0.25) is 47.3 Å². The molecule has 0 bridgehead atoms. The van der Waals surface area contributed by atoms with Crippen LogP contribution in [0.4, 0.5) is 0 Å². The second-order valence-electron chi connectivity index (χ2n) is 19.1. The molecule has 24 heteroatoms. The van der Waals surface area contributed by atoms with Gasteiger partial charge in [-0.15, -0.1) is 0 Å². The summed E-state index contributed by atoms with van der Waals surface area (Å²) in [6, 6.07) is -2.30. The number of likely N-dealkylation sites (tertiary alicyclic amines) is 3. The van der Waals surface area contributed by atoms with E-state index in [0.29, 0.717) is 63.5 Å². The maximum atomic E-state index is 14.7. The van der Waals surface area contributed by atoms with Crippen LogP contribution >= 0.6 is 0 Å². The summed E-state index contributed by atoms with van der Waals surface area (Å²) in [5.41, 5.74) is 34.2. The zero-order chi connectivity index (χ0) is 52.5. The molecule has 1 aromatic rings. The summed E-state index contributed by atoms with van der Waals surface area (Å²) in [5.74, 6) is -5.84. The Bertz CT molecular complexity index is 2100. The number of aromatic hydroxyl groups is 1. The quantitative estimate of drug-likeness (QED) is 0.0274. The topological polar surface area (TPSA) is 395 Å². The van der Waals surface area contributed by atoms with Crippen LogP contribution in [0, 0.1) is 11.8 Å². The fourth-order valence-corrected chi connectivity index (χ4v) is 9.26. The van der Waals surface area contributed by atoms with Crippen molar-refractivity contribution < 1.29 is 43.5 Å². The van der Waals surface area contributed by atoms with E-state index in [1.807, 2.05) is 6.92 Å². The van der Waals surface area contributed by atoms with Crippen LogP contribution < -0.4 is 55.7 Å². The van der Waals surface area contributed by atoms with Gasteiger partial charge in [-0.05, 0) is 93.7 Å². The normalized spacial score (nSPS) is 20.2. The number of nitrogens with two attached hydrogens (primary N) is 6. The third-order valence-corrected chi connectivity index (χ3v) is 13.4. The minimum atomic E-state index is -1.30. The average Bonchev–Trinajstić information content (AvgIpc) is 4.14. The van der Waals surface area contributed by atoms with Gasteiger partial charge in [-0.3, -0.25) is 48.3 Å². The lowest BCUT2D eigenvalue weighted by atomic mass is 9.96. The molecule has 0 unspecified atom stereocenters. The van der Waals surface area contributed by atoms with Crippen molar-refractivity contribution in [3.8, 4) is 5.75 Å². The van der Waals surface area contributed by atoms with Gasteiger partial charge in [-0.1, -0.05) is 46.2 Å². The second kappa shape index (κ2) is 27.0. The van der Waals surface area contributed by atoms with E-state index >= 15 is 0 Å². The maximum absolute atomic E-state index is 14.7. The Morgan fingerprint density at radius 2 is 1.14 bits per heavy atom. The molecular formula is C47H77N15O9. The summed E-state index contributed by atoms with van der Waals surface area (Å²) in [7, 11) is 0. The van der Waals surface area contributed by atoms with Gasteiger partial charge < -0.3 is 75.5 Å². The lowest BCUT2D eigenvalue weighted by molar-refractivity contribution is -0.145. The molecule has 394 valence electrons. The first-order valence-corrected chi connectivity index (χ1v) is 24.7. The Balaban J connectivity index is 1.53. The number of carbonyl (C=O) groups is 8. The van der Waals surface area contributed by atoms with Crippen molar-refractivity contribution >= 4 is 59.2 Å². The maximum Gasteiger partial charge on any atom is 0.246 e. The summed E-state index contributed by atoms with van der Waals surface area (Å²) >= 11 is 0. The number of amides is 8. The first-order chi connectivity index (χ1) is 33.6. The van der Waals surface area contributed by atoms with E-state index in [9.17, 15) is 43.5 Å². The van der Waals surface area contributed by atoms with E-state index in [2.05, 4.69) is 31.3 Å². The summed E-state index contributed by atoms with van der Waals surface area (Å²) in [6.45, 7) is 8.27. The summed E-state index contributed by atoms with van der Waals surface area (Å²) in [6.07, 6.45) is 4.07. The first-order valence-electron chi connectivity index (χ1n) is 24.7. The molecule has 0 saturated carbocycles. The van der Waals surface area contributed by atoms with Crippen LogP contribution in [0.15, 0.2) is 34.3 Å². The Labute approximate surface area is 415 Å². The molecule has 8 amide bonds. The fourth-order valence-electron chi connectivity index (χ4n) is 9.26. The number of phenolic OH excluding ortho intramolecular Hbond substituents is 1. The molecule has 24 nitrogen and oxygen atoms in total. The highest BCUT2D eigenvalue weighted by atomic mass is 16.3. The third kappa shape index (κ3) is 16.2. The highest BCUT2D eigenvalue weighted by Crippen LogP contribution is 2.25. The number of phenols is 1. The first kappa shape index (κ1) is 56.9. The lowest BCUT2D eigenvalue weighted by Crippen LogP contribution is -2.61. The number of hydrogen-bond acceptors (Lipinski definition) is 12. The minimum absolute atomic E-state index is 0.0214. The number of rotatable bonds is 25. The number of nitrogens with zero attached hydrogens (tertiary/aromatic N) is 5. The molecule has 1 aromatic carbocycles. The van der Waals surface area contributed by atoms with Gasteiger partial charge in [0.05, 0.1) is 6.04 Å². The smallest absolute Gasteiger partial charge is 0.246 e. The summed E-state index contributed by atoms with van der Waals surface area (Å²) in [5, 5.41) is 21.3. The number of aliphatic imine (C=N–C) groups is 2. The van der Waals surface area contributed by atoms with Crippen molar-refractivity contribution in [3.05, 3.63) is 29.8 Å². The molecule has 17 N–H and O–H groups in total. The third-order valence-electron chi connectivity index (χ3n) is 13.4. The Hall–Kier alpha value is -6.72. The molecular weight excluding hydrogens is 919 g/mol.